The lowest BCUT2D eigenvalue weighted by Crippen LogP contribution is -2.15. The van der Waals surface area contributed by atoms with Crippen molar-refractivity contribution in [3.05, 3.63) is 488 Å². The third-order valence-corrected chi connectivity index (χ3v) is 33.3. The number of nitrogens with zero attached hydrogens (tertiary/aromatic N) is 9. The van der Waals surface area contributed by atoms with Gasteiger partial charge in [-0.2, -0.15) is 0 Å². The summed E-state index contributed by atoms with van der Waals surface area (Å²) < 4.78 is 14.7. The molecule has 28 aromatic rings. The monoisotopic (exact) mass is 1880 g/mol. The van der Waals surface area contributed by atoms with Crippen LogP contribution in [0.2, 0.25) is 0 Å². The molecule has 9 heteroatoms. The van der Waals surface area contributed by atoms with Crippen molar-refractivity contribution in [1.82, 2.24) is 42.4 Å². The van der Waals surface area contributed by atoms with Crippen molar-refractivity contribution in [2.75, 3.05) is 0 Å². The average molecular weight is 1880 g/mol. The predicted molar refractivity (Wildman–Crippen MR) is 611 cm³/mol. The zero-order chi connectivity index (χ0) is 97.3. The van der Waals surface area contributed by atoms with Gasteiger partial charge in [-0.15, -0.1) is 0 Å². The van der Waals surface area contributed by atoms with Crippen LogP contribution >= 0.6 is 0 Å². The van der Waals surface area contributed by atoms with Gasteiger partial charge in [-0.25, -0.2) is 15.0 Å². The number of para-hydroxylation sites is 6. The smallest absolute Gasteiger partial charge is 0.164 e. The quantitative estimate of drug-likeness (QED) is 0.122. The molecule has 7 heterocycles. The van der Waals surface area contributed by atoms with E-state index in [1.807, 2.05) is 0 Å². The van der Waals surface area contributed by atoms with E-state index >= 15 is 0 Å². The maximum atomic E-state index is 5.54. The Kier molecular flexibility index (Phi) is 17.4. The molecule has 0 bridgehead atoms. The van der Waals surface area contributed by atoms with E-state index < -0.39 is 0 Å². The minimum atomic E-state index is -0.145. The van der Waals surface area contributed by atoms with Crippen molar-refractivity contribution in [1.29, 1.82) is 0 Å². The van der Waals surface area contributed by atoms with Crippen LogP contribution in [0.3, 0.4) is 0 Å². The van der Waals surface area contributed by atoms with Crippen molar-refractivity contribution in [2.45, 2.75) is 57.8 Å². The summed E-state index contributed by atoms with van der Waals surface area (Å²) in [5.74, 6) is 1.69. The van der Waals surface area contributed by atoms with Gasteiger partial charge in [-0.1, -0.05) is 315 Å². The molecule has 3 aliphatic carbocycles. The lowest BCUT2D eigenvalue weighted by molar-refractivity contribution is 0.660. The topological polar surface area (TPSA) is 68.2 Å². The largest absolute Gasteiger partial charge is 0.309 e. The molecule has 0 aliphatic heterocycles. The van der Waals surface area contributed by atoms with Crippen LogP contribution in [0, 0.1) is 0 Å². The minimum absolute atomic E-state index is 0.145. The Morgan fingerprint density at radius 1 is 0.136 bits per heavy atom. The summed E-state index contributed by atoms with van der Waals surface area (Å²) in [6, 6.07) is 170. The van der Waals surface area contributed by atoms with Crippen LogP contribution < -0.4 is 0 Å². The molecule has 0 spiro atoms. The fourth-order valence-corrected chi connectivity index (χ4v) is 26.1. The van der Waals surface area contributed by atoms with Gasteiger partial charge < -0.3 is 27.4 Å². The summed E-state index contributed by atoms with van der Waals surface area (Å²) in [4.78, 5) is 16.6. The summed E-state index contributed by atoms with van der Waals surface area (Å²) in [6.45, 7) is 14.2. The highest BCUT2D eigenvalue weighted by Crippen LogP contribution is 2.55. The molecule has 9 nitrogen and oxygen atoms in total. The van der Waals surface area contributed by atoms with Crippen LogP contribution in [0.5, 0.6) is 0 Å². The third kappa shape index (κ3) is 12.1. The molecule has 0 fully saturated rings. The highest BCUT2D eigenvalue weighted by atomic mass is 15.1. The van der Waals surface area contributed by atoms with Crippen molar-refractivity contribution in [3.8, 4) is 135 Å². The Hall–Kier alpha value is -18.6. The lowest BCUT2D eigenvalue weighted by Gasteiger charge is -2.22. The van der Waals surface area contributed by atoms with Crippen LogP contribution in [-0.4, -0.2) is 42.4 Å². The summed E-state index contributed by atoms with van der Waals surface area (Å²) in [6.07, 6.45) is 0. The van der Waals surface area contributed by atoms with Crippen molar-refractivity contribution >= 4 is 131 Å². The van der Waals surface area contributed by atoms with E-state index in [9.17, 15) is 0 Å². The average Bonchev–Trinajstić information content (AvgIpc) is 1.56. The van der Waals surface area contributed by atoms with Crippen LogP contribution in [-0.2, 0) is 16.2 Å². The second-order valence-corrected chi connectivity index (χ2v) is 42.2. The molecule has 0 atom stereocenters. The summed E-state index contributed by atoms with van der Waals surface area (Å²) in [5, 5.41) is 14.4. The van der Waals surface area contributed by atoms with Crippen LogP contribution in [0.15, 0.2) is 455 Å². The number of hydrogen-bond donors (Lipinski definition) is 0. The Balaban J connectivity index is 0.523. The van der Waals surface area contributed by atoms with Gasteiger partial charge in [0.25, 0.3) is 0 Å². The predicted octanol–water partition coefficient (Wildman–Crippen LogP) is 35.4. The van der Waals surface area contributed by atoms with Gasteiger partial charge in [0.05, 0.1) is 66.2 Å². The van der Waals surface area contributed by atoms with Gasteiger partial charge in [-0.3, -0.25) is 0 Å². The first-order valence-electron chi connectivity index (χ1n) is 51.2. The fourth-order valence-electron chi connectivity index (χ4n) is 26.1. The molecule has 690 valence electrons. The third-order valence-electron chi connectivity index (χ3n) is 33.3. The maximum Gasteiger partial charge on any atom is 0.164 e. The fraction of sp³-hybridized carbons (Fsp3) is 0.0652. The zero-order valence-electron chi connectivity index (χ0n) is 81.8. The molecule has 7 aromatic heterocycles. The molecule has 0 saturated heterocycles. The molecule has 31 rings (SSSR count). The van der Waals surface area contributed by atoms with Crippen LogP contribution in [0.1, 0.15) is 74.9 Å². The molecule has 0 radical (unpaired) electrons. The molecule has 3 aliphatic rings. The number of aromatic nitrogens is 9. The Morgan fingerprint density at radius 3 is 0.531 bits per heavy atom. The van der Waals surface area contributed by atoms with E-state index in [1.54, 1.807) is 0 Å². The van der Waals surface area contributed by atoms with Gasteiger partial charge in [0.1, 0.15) is 0 Å². The van der Waals surface area contributed by atoms with Gasteiger partial charge in [0.2, 0.25) is 0 Å². The van der Waals surface area contributed by atoms with Crippen LogP contribution in [0.25, 0.3) is 266 Å². The number of fused-ring (bicyclic) bond motifs is 27. The van der Waals surface area contributed by atoms with Crippen molar-refractivity contribution < 1.29 is 0 Å². The number of benzene rings is 21. The summed E-state index contributed by atoms with van der Waals surface area (Å²) >= 11 is 0. The lowest BCUT2D eigenvalue weighted by atomic mass is 9.82. The maximum absolute atomic E-state index is 5.54. The van der Waals surface area contributed by atoms with E-state index in [4.69, 9.17) is 15.0 Å². The zero-order valence-corrected chi connectivity index (χ0v) is 81.8. The Labute approximate surface area is 848 Å². The molecule has 21 aromatic carbocycles. The van der Waals surface area contributed by atoms with Gasteiger partial charge in [0.15, 0.2) is 17.5 Å². The van der Waals surface area contributed by atoms with E-state index in [0.717, 1.165) is 117 Å². The van der Waals surface area contributed by atoms with Crippen LogP contribution in [0.4, 0.5) is 0 Å². The van der Waals surface area contributed by atoms with Crippen molar-refractivity contribution in [2.24, 2.45) is 0 Å². The molecule has 0 amide bonds. The summed E-state index contributed by atoms with van der Waals surface area (Å²) in [7, 11) is 0. The van der Waals surface area contributed by atoms with E-state index in [0.29, 0.717) is 17.5 Å². The first-order chi connectivity index (χ1) is 72.1. The first kappa shape index (κ1) is 83.1. The first-order valence-corrected chi connectivity index (χ1v) is 51.2. The Bertz CT molecular complexity index is 9640. The second kappa shape index (κ2) is 30.7. The minimum Gasteiger partial charge on any atom is -0.309 e. The SMILES string of the molecule is CC1(C)c2ccccc2-c2ccc(-n3c4ccccc4c4ccc(-c5ccc6c7ccccc7n(-c7ccc(-c8nc(-c9ccc(-n%10c%11ccccc%11c%11ccc(-c%12ccc%13c%14ccccc%14n(-c%14ccc%15c(c%14)C(C)(C)c%14ccccc%14-%15)c%13c%12)cc%11%10)cc9)nc(-c9ccc(-n%10c%11ccccc%11c%11ccc(-c%12ccc%13c%14ccccc%14n(-c%14ccc%15c(c%14)C(C)(C)c%14ccccc%14-%15)c%13c%12)cc%11%10)cc9)n8)cc7)c6c5)cc43)cc21. The van der Waals surface area contributed by atoms with E-state index in [2.05, 4.69) is 524 Å². The van der Waals surface area contributed by atoms with Gasteiger partial charge >= 0.3 is 0 Å². The van der Waals surface area contributed by atoms with Gasteiger partial charge in [0, 0.05) is 132 Å². The number of hydrogen-bond acceptors (Lipinski definition) is 3. The molecule has 0 unspecified atom stereocenters. The van der Waals surface area contributed by atoms with Crippen molar-refractivity contribution in [3.63, 3.8) is 0 Å². The summed E-state index contributed by atoms with van der Waals surface area (Å²) in [5.41, 5.74) is 45.3. The number of rotatable bonds is 12. The van der Waals surface area contributed by atoms with E-state index in [-0.39, 0.29) is 16.2 Å². The highest BCUT2D eigenvalue weighted by Gasteiger charge is 2.40. The molecular weight excluding hydrogens is 1780 g/mol. The highest BCUT2D eigenvalue weighted by molar-refractivity contribution is 6.17. The molecule has 147 heavy (non-hydrogen) atoms. The second-order valence-electron chi connectivity index (χ2n) is 42.2. The molecular formula is C138H93N9. The van der Waals surface area contributed by atoms with Gasteiger partial charge in [-0.05, 0) is 282 Å². The van der Waals surface area contributed by atoms with E-state index in [1.165, 1.54) is 164 Å². The molecule has 0 N–H and O–H groups in total. The molecule has 0 saturated carbocycles. The standard InChI is InChI=1S/C138H93N9/c1-136(2)115-34-16-7-25-97(115)100-70-61-94(79-118(100)136)145-124-40-22-13-31-106(124)112-67-52-88(76-130(112)145)85-49-64-109-103-28-10-19-37-121(103)142(127(109)73-85)91-55-43-82(44-56-91)133-139-134(83-45-57-92(58-46-83)143-122-38-20-11-29-104(122)110-65-50-86(74-128(110)143)89-53-68-113-107-32-14-23-41-125(107)146(131(113)77-89)95-62-71-101-98-26-8-17-35-116(98)137(3,4)119(101)80-95)141-135(140-133)84-47-59-93(60-48-84)144-123-39-21-12-30-105(123)111-66-51-87(75-129(111)144)90-54-69-114-108-33-15-24-42-126(108)147(132(114)78-90)96-63-72-102-99-27-9-18-36-117(99)138(5,6)120(102)81-96/h7-81H,1-6H3. The Morgan fingerprint density at radius 2 is 0.306 bits per heavy atom. The normalized spacial score (nSPS) is 13.7.